The number of nitrogens with one attached hydrogen (secondary N) is 1. The summed E-state index contributed by atoms with van der Waals surface area (Å²) in [5.74, 6) is 0.427. The van der Waals surface area contributed by atoms with Crippen molar-refractivity contribution < 1.29 is 9.53 Å². The number of benzene rings is 1. The van der Waals surface area contributed by atoms with Gasteiger partial charge < -0.3 is 20.7 Å². The zero-order chi connectivity index (χ0) is 14.4. The standard InChI is InChI=1S/C14H20N4O2/c1-16-13(19)12-4-2-3-11(9-12)10-17-14(15)18-5-7-20-8-6-18/h2-4,9H,5-8,10H2,1H3,(H2,15,17)(H,16,19). The summed E-state index contributed by atoms with van der Waals surface area (Å²) in [5, 5.41) is 2.60. The van der Waals surface area contributed by atoms with Gasteiger partial charge in [-0.2, -0.15) is 0 Å². The van der Waals surface area contributed by atoms with Gasteiger partial charge in [0.1, 0.15) is 0 Å². The Kier molecular flexibility index (Phi) is 4.95. The van der Waals surface area contributed by atoms with Gasteiger partial charge >= 0.3 is 0 Å². The van der Waals surface area contributed by atoms with Crippen molar-refractivity contribution in [2.24, 2.45) is 10.7 Å². The Morgan fingerprint density at radius 3 is 2.90 bits per heavy atom. The number of nitrogens with zero attached hydrogens (tertiary/aromatic N) is 2. The van der Waals surface area contributed by atoms with Gasteiger partial charge in [-0.1, -0.05) is 12.1 Å². The van der Waals surface area contributed by atoms with Gasteiger partial charge in [-0.05, 0) is 17.7 Å². The van der Waals surface area contributed by atoms with Crippen LogP contribution in [0.4, 0.5) is 0 Å². The maximum absolute atomic E-state index is 11.6. The van der Waals surface area contributed by atoms with Crippen LogP contribution in [0.2, 0.25) is 0 Å². The SMILES string of the molecule is CNC(=O)c1cccc(CN=C(N)N2CCOCC2)c1. The van der Waals surface area contributed by atoms with E-state index < -0.39 is 0 Å². The number of carbonyl (C=O) groups is 1. The van der Waals surface area contributed by atoms with Crippen LogP contribution in [-0.2, 0) is 11.3 Å². The number of nitrogens with two attached hydrogens (primary N) is 1. The minimum Gasteiger partial charge on any atom is -0.378 e. The van der Waals surface area contributed by atoms with Crippen molar-refractivity contribution >= 4 is 11.9 Å². The lowest BCUT2D eigenvalue weighted by Gasteiger charge is -2.27. The summed E-state index contributed by atoms with van der Waals surface area (Å²) in [5.41, 5.74) is 7.55. The molecule has 0 aromatic heterocycles. The second-order valence-corrected chi connectivity index (χ2v) is 4.55. The summed E-state index contributed by atoms with van der Waals surface area (Å²) in [4.78, 5) is 17.9. The molecule has 0 saturated carbocycles. The number of hydrogen-bond donors (Lipinski definition) is 2. The molecule has 0 unspecified atom stereocenters. The van der Waals surface area contributed by atoms with Crippen molar-refractivity contribution in [2.45, 2.75) is 6.54 Å². The van der Waals surface area contributed by atoms with Gasteiger partial charge in [0.15, 0.2) is 5.96 Å². The van der Waals surface area contributed by atoms with Crippen LogP contribution in [0.5, 0.6) is 0 Å². The molecule has 3 N–H and O–H groups in total. The van der Waals surface area contributed by atoms with Crippen molar-refractivity contribution in [3.63, 3.8) is 0 Å². The van der Waals surface area contributed by atoms with Gasteiger partial charge in [0.2, 0.25) is 0 Å². The molecule has 1 heterocycles. The number of aliphatic imine (C=N–C) groups is 1. The van der Waals surface area contributed by atoms with E-state index in [4.69, 9.17) is 10.5 Å². The maximum Gasteiger partial charge on any atom is 0.251 e. The molecule has 1 amide bonds. The van der Waals surface area contributed by atoms with Gasteiger partial charge in [-0.15, -0.1) is 0 Å². The molecule has 0 radical (unpaired) electrons. The Morgan fingerprint density at radius 1 is 1.45 bits per heavy atom. The first kappa shape index (κ1) is 14.3. The molecule has 0 bridgehead atoms. The third-order valence-corrected chi connectivity index (χ3v) is 3.17. The molecular formula is C14H20N4O2. The van der Waals surface area contributed by atoms with E-state index in [0.717, 1.165) is 18.7 Å². The van der Waals surface area contributed by atoms with Gasteiger partial charge in [-0.25, -0.2) is 4.99 Å². The second-order valence-electron chi connectivity index (χ2n) is 4.55. The fourth-order valence-electron chi connectivity index (χ4n) is 2.02. The highest BCUT2D eigenvalue weighted by molar-refractivity contribution is 5.94. The molecule has 1 aromatic rings. The summed E-state index contributed by atoms with van der Waals surface area (Å²) in [6, 6.07) is 7.38. The number of amides is 1. The normalized spacial score (nSPS) is 16.1. The van der Waals surface area contributed by atoms with Gasteiger partial charge in [0.25, 0.3) is 5.91 Å². The highest BCUT2D eigenvalue weighted by Gasteiger charge is 2.12. The van der Waals surface area contributed by atoms with Gasteiger partial charge in [-0.3, -0.25) is 4.79 Å². The number of ether oxygens (including phenoxy) is 1. The average molecular weight is 276 g/mol. The highest BCUT2D eigenvalue weighted by atomic mass is 16.5. The third kappa shape index (κ3) is 3.71. The predicted octanol–water partition coefficient (Wildman–Crippen LogP) is 0.193. The zero-order valence-corrected chi connectivity index (χ0v) is 11.6. The summed E-state index contributed by atoms with van der Waals surface area (Å²) in [6.07, 6.45) is 0. The summed E-state index contributed by atoms with van der Waals surface area (Å²) in [7, 11) is 1.61. The number of guanidine groups is 1. The average Bonchev–Trinajstić information content (AvgIpc) is 2.53. The minimum atomic E-state index is -0.100. The first-order valence-corrected chi connectivity index (χ1v) is 6.64. The van der Waals surface area contributed by atoms with Crippen molar-refractivity contribution in [3.8, 4) is 0 Å². The highest BCUT2D eigenvalue weighted by Crippen LogP contribution is 2.07. The lowest BCUT2D eigenvalue weighted by molar-refractivity contribution is 0.0674. The minimum absolute atomic E-state index is 0.100. The number of carbonyl (C=O) groups excluding carboxylic acids is 1. The molecule has 6 heteroatoms. The molecule has 1 saturated heterocycles. The van der Waals surface area contributed by atoms with E-state index >= 15 is 0 Å². The monoisotopic (exact) mass is 276 g/mol. The molecule has 108 valence electrons. The van der Waals surface area contributed by atoms with E-state index in [-0.39, 0.29) is 5.91 Å². The van der Waals surface area contributed by atoms with Crippen LogP contribution < -0.4 is 11.1 Å². The van der Waals surface area contributed by atoms with Crippen molar-refractivity contribution in [3.05, 3.63) is 35.4 Å². The predicted molar refractivity (Wildman–Crippen MR) is 77.6 cm³/mol. The molecule has 6 nitrogen and oxygen atoms in total. The molecule has 0 aliphatic carbocycles. The fraction of sp³-hybridized carbons (Fsp3) is 0.429. The molecule has 0 atom stereocenters. The van der Waals surface area contributed by atoms with Crippen LogP contribution in [0.15, 0.2) is 29.3 Å². The smallest absolute Gasteiger partial charge is 0.251 e. The molecule has 1 aliphatic heterocycles. The largest absolute Gasteiger partial charge is 0.378 e. The summed E-state index contributed by atoms with van der Waals surface area (Å²) < 4.78 is 5.27. The topological polar surface area (TPSA) is 80.0 Å². The van der Waals surface area contributed by atoms with E-state index in [1.165, 1.54) is 0 Å². The van der Waals surface area contributed by atoms with Crippen molar-refractivity contribution in [2.75, 3.05) is 33.4 Å². The number of rotatable bonds is 3. The Labute approximate surface area is 118 Å². The zero-order valence-electron chi connectivity index (χ0n) is 11.6. The van der Waals surface area contributed by atoms with Crippen LogP contribution >= 0.6 is 0 Å². The molecule has 0 spiro atoms. The van der Waals surface area contributed by atoms with Crippen LogP contribution in [0, 0.1) is 0 Å². The molecule has 1 fully saturated rings. The molecule has 20 heavy (non-hydrogen) atoms. The number of hydrogen-bond acceptors (Lipinski definition) is 3. The lowest BCUT2D eigenvalue weighted by atomic mass is 10.1. The first-order valence-electron chi connectivity index (χ1n) is 6.64. The lowest BCUT2D eigenvalue weighted by Crippen LogP contribution is -2.44. The van der Waals surface area contributed by atoms with E-state index in [2.05, 4.69) is 10.3 Å². The first-order chi connectivity index (χ1) is 9.70. The third-order valence-electron chi connectivity index (χ3n) is 3.17. The van der Waals surface area contributed by atoms with Crippen LogP contribution in [0.25, 0.3) is 0 Å². The summed E-state index contributed by atoms with van der Waals surface area (Å²) >= 11 is 0. The quantitative estimate of drug-likeness (QED) is 0.610. The van der Waals surface area contributed by atoms with E-state index in [1.54, 1.807) is 13.1 Å². The molecule has 1 aromatic carbocycles. The molecular weight excluding hydrogens is 256 g/mol. The van der Waals surface area contributed by atoms with Crippen LogP contribution in [0.1, 0.15) is 15.9 Å². The molecule has 2 rings (SSSR count). The van der Waals surface area contributed by atoms with Gasteiger partial charge in [0.05, 0.1) is 19.8 Å². The van der Waals surface area contributed by atoms with E-state index in [1.807, 2.05) is 23.1 Å². The fourth-order valence-corrected chi connectivity index (χ4v) is 2.02. The Balaban J connectivity index is 2.00. The Hall–Kier alpha value is -2.08. The van der Waals surface area contributed by atoms with Crippen molar-refractivity contribution in [1.82, 2.24) is 10.2 Å². The van der Waals surface area contributed by atoms with Crippen LogP contribution in [0.3, 0.4) is 0 Å². The van der Waals surface area contributed by atoms with E-state index in [0.29, 0.717) is 31.3 Å². The van der Waals surface area contributed by atoms with E-state index in [9.17, 15) is 4.79 Å². The second kappa shape index (κ2) is 6.91. The number of morpholine rings is 1. The maximum atomic E-state index is 11.6. The Bertz CT molecular complexity index is 496. The Morgan fingerprint density at radius 2 is 2.20 bits per heavy atom. The van der Waals surface area contributed by atoms with Crippen LogP contribution in [-0.4, -0.2) is 50.1 Å². The van der Waals surface area contributed by atoms with Crippen molar-refractivity contribution in [1.29, 1.82) is 0 Å². The molecule has 1 aliphatic rings. The van der Waals surface area contributed by atoms with Gasteiger partial charge in [0, 0.05) is 25.7 Å². The summed E-state index contributed by atoms with van der Waals surface area (Å²) in [6.45, 7) is 3.38.